The predicted molar refractivity (Wildman–Crippen MR) is 69.9 cm³/mol. The van der Waals surface area contributed by atoms with Crippen LogP contribution in [0.3, 0.4) is 0 Å². The van der Waals surface area contributed by atoms with Crippen LogP contribution < -0.4 is 0 Å². The lowest BCUT2D eigenvalue weighted by molar-refractivity contribution is -0.143. The van der Waals surface area contributed by atoms with Crippen molar-refractivity contribution in [3.05, 3.63) is 60.2 Å². The molecular formula is C14H15ClO2. The first kappa shape index (κ1) is 13.5. The van der Waals surface area contributed by atoms with Crippen LogP contribution in [0.4, 0.5) is 0 Å². The van der Waals surface area contributed by atoms with E-state index in [1.165, 1.54) is 0 Å². The van der Waals surface area contributed by atoms with Gasteiger partial charge in [0, 0.05) is 5.88 Å². The van der Waals surface area contributed by atoms with E-state index in [0.29, 0.717) is 12.5 Å². The second-order valence-electron chi connectivity index (χ2n) is 3.36. The quantitative estimate of drug-likeness (QED) is 0.439. The van der Waals surface area contributed by atoms with Crippen LogP contribution >= 0.6 is 11.6 Å². The second-order valence-corrected chi connectivity index (χ2v) is 3.67. The average Bonchev–Trinajstić information content (AvgIpc) is 2.37. The molecule has 3 heteroatoms. The molecule has 0 N–H and O–H groups in total. The molecule has 0 aliphatic heterocycles. The molecule has 0 heterocycles. The number of ether oxygens (including phenoxy) is 1. The molecular weight excluding hydrogens is 236 g/mol. The number of alkyl halides is 1. The van der Waals surface area contributed by atoms with Crippen molar-refractivity contribution in [2.24, 2.45) is 0 Å². The first-order chi connectivity index (χ1) is 8.33. The molecule has 0 spiro atoms. The van der Waals surface area contributed by atoms with Gasteiger partial charge < -0.3 is 4.74 Å². The highest BCUT2D eigenvalue weighted by molar-refractivity contribution is 6.18. The van der Waals surface area contributed by atoms with E-state index in [1.807, 2.05) is 30.3 Å². The van der Waals surface area contributed by atoms with E-state index in [9.17, 15) is 4.79 Å². The molecule has 0 amide bonds. The van der Waals surface area contributed by atoms with Gasteiger partial charge in [0.05, 0.1) is 6.42 Å². The largest absolute Gasteiger partial charge is 0.461 e. The molecule has 0 radical (unpaired) electrons. The minimum atomic E-state index is -0.232. The molecule has 90 valence electrons. The lowest BCUT2D eigenvalue weighted by atomic mass is 10.2. The Balaban J connectivity index is 2.22. The Morgan fingerprint density at radius 3 is 2.59 bits per heavy atom. The Morgan fingerprint density at radius 1 is 1.18 bits per heavy atom. The van der Waals surface area contributed by atoms with Gasteiger partial charge in [-0.25, -0.2) is 0 Å². The zero-order chi connectivity index (χ0) is 12.3. The Kier molecular flexibility index (Phi) is 6.84. The molecule has 0 unspecified atom stereocenters. The van der Waals surface area contributed by atoms with Crippen molar-refractivity contribution in [2.75, 3.05) is 5.88 Å². The molecule has 2 nitrogen and oxygen atoms in total. The van der Waals surface area contributed by atoms with Crippen LogP contribution in [0.5, 0.6) is 0 Å². The van der Waals surface area contributed by atoms with E-state index >= 15 is 0 Å². The lowest BCUT2D eigenvalue weighted by Crippen LogP contribution is -2.02. The summed E-state index contributed by atoms with van der Waals surface area (Å²) in [6.07, 6.45) is 7.41. The zero-order valence-corrected chi connectivity index (χ0v) is 10.3. The van der Waals surface area contributed by atoms with Gasteiger partial charge in [-0.3, -0.25) is 4.79 Å². The van der Waals surface area contributed by atoms with Gasteiger partial charge >= 0.3 is 5.97 Å². The lowest BCUT2D eigenvalue weighted by Gasteiger charge is -2.02. The summed E-state index contributed by atoms with van der Waals surface area (Å²) in [6.45, 7) is 0.324. The smallest absolute Gasteiger partial charge is 0.309 e. The van der Waals surface area contributed by atoms with Gasteiger partial charge in [-0.05, 0) is 5.56 Å². The van der Waals surface area contributed by atoms with Crippen LogP contribution in [-0.4, -0.2) is 11.8 Å². The summed E-state index contributed by atoms with van der Waals surface area (Å²) in [5.41, 5.74) is 0.992. The molecule has 1 aromatic rings. The molecule has 0 fully saturated rings. The molecule has 0 bridgehead atoms. The third kappa shape index (κ3) is 6.59. The number of allylic oxidation sites excluding steroid dienone is 3. The van der Waals surface area contributed by atoms with Crippen LogP contribution in [0, 0.1) is 0 Å². The fourth-order valence-electron chi connectivity index (χ4n) is 1.17. The summed E-state index contributed by atoms with van der Waals surface area (Å²) in [5.74, 6) is 0.243. The number of carbonyl (C=O) groups excluding carboxylic acids is 1. The van der Waals surface area contributed by atoms with Gasteiger partial charge in [-0.15, -0.1) is 11.6 Å². The molecule has 0 saturated heterocycles. The maximum atomic E-state index is 11.3. The summed E-state index contributed by atoms with van der Waals surface area (Å²) in [4.78, 5) is 11.3. The Hall–Kier alpha value is -1.54. The monoisotopic (exact) mass is 250 g/mol. The van der Waals surface area contributed by atoms with E-state index < -0.39 is 0 Å². The summed E-state index contributed by atoms with van der Waals surface area (Å²) in [7, 11) is 0. The number of rotatable bonds is 6. The van der Waals surface area contributed by atoms with Crippen molar-refractivity contribution >= 4 is 17.6 Å². The van der Waals surface area contributed by atoms with Gasteiger partial charge in [0.2, 0.25) is 0 Å². The molecule has 17 heavy (non-hydrogen) atoms. The normalized spacial score (nSPS) is 11.1. The standard InChI is InChI=1S/C14H15ClO2/c15-11-7-2-1-6-10-14(16)17-12-13-8-4-3-5-9-13/h1-9H,10-12H2/b6-1-,7-2-. The Labute approximate surface area is 107 Å². The van der Waals surface area contributed by atoms with Crippen molar-refractivity contribution in [3.63, 3.8) is 0 Å². The summed E-state index contributed by atoms with van der Waals surface area (Å²) >= 11 is 5.45. The fourth-order valence-corrected chi connectivity index (χ4v) is 1.27. The molecule has 1 rings (SSSR count). The molecule has 1 aromatic carbocycles. The van der Waals surface area contributed by atoms with Crippen LogP contribution in [0.2, 0.25) is 0 Å². The highest BCUT2D eigenvalue weighted by atomic mass is 35.5. The molecule has 0 aromatic heterocycles. The van der Waals surface area contributed by atoms with Crippen molar-refractivity contribution in [3.8, 4) is 0 Å². The van der Waals surface area contributed by atoms with Gasteiger partial charge in [0.1, 0.15) is 6.61 Å². The first-order valence-electron chi connectivity index (χ1n) is 5.40. The first-order valence-corrected chi connectivity index (χ1v) is 5.93. The van der Waals surface area contributed by atoms with Gasteiger partial charge in [-0.2, -0.15) is 0 Å². The van der Waals surface area contributed by atoms with Gasteiger partial charge in [-0.1, -0.05) is 54.6 Å². The molecule has 0 aliphatic rings. The third-order valence-corrected chi connectivity index (χ3v) is 2.18. The molecule has 0 atom stereocenters. The summed E-state index contributed by atoms with van der Waals surface area (Å²) < 4.78 is 5.09. The predicted octanol–water partition coefficient (Wildman–Crippen LogP) is 3.47. The van der Waals surface area contributed by atoms with Crippen molar-refractivity contribution in [2.45, 2.75) is 13.0 Å². The highest BCUT2D eigenvalue weighted by Gasteiger charge is 1.99. The third-order valence-electron chi connectivity index (χ3n) is 2.00. The Bertz CT molecular complexity index is 382. The average molecular weight is 251 g/mol. The molecule has 0 saturated carbocycles. The number of hydrogen-bond donors (Lipinski definition) is 0. The maximum absolute atomic E-state index is 11.3. The van der Waals surface area contributed by atoms with Crippen LogP contribution in [0.1, 0.15) is 12.0 Å². The van der Waals surface area contributed by atoms with Crippen molar-refractivity contribution < 1.29 is 9.53 Å². The van der Waals surface area contributed by atoms with E-state index in [-0.39, 0.29) is 12.4 Å². The number of benzene rings is 1. The Morgan fingerprint density at radius 2 is 1.88 bits per heavy atom. The minimum Gasteiger partial charge on any atom is -0.461 e. The highest BCUT2D eigenvalue weighted by Crippen LogP contribution is 2.01. The van der Waals surface area contributed by atoms with E-state index in [1.54, 1.807) is 24.3 Å². The number of carbonyl (C=O) groups is 1. The summed E-state index contributed by atoms with van der Waals surface area (Å²) in [5, 5.41) is 0. The van der Waals surface area contributed by atoms with Crippen molar-refractivity contribution in [1.29, 1.82) is 0 Å². The van der Waals surface area contributed by atoms with Crippen LogP contribution in [-0.2, 0) is 16.1 Å². The number of halogens is 1. The van der Waals surface area contributed by atoms with E-state index in [4.69, 9.17) is 16.3 Å². The van der Waals surface area contributed by atoms with Gasteiger partial charge in [0.15, 0.2) is 0 Å². The minimum absolute atomic E-state index is 0.232. The maximum Gasteiger partial charge on any atom is 0.309 e. The van der Waals surface area contributed by atoms with Crippen LogP contribution in [0.25, 0.3) is 0 Å². The topological polar surface area (TPSA) is 26.3 Å². The SMILES string of the molecule is O=C(C/C=C\C=C/CCl)OCc1ccccc1. The van der Waals surface area contributed by atoms with Crippen molar-refractivity contribution in [1.82, 2.24) is 0 Å². The second kappa shape index (κ2) is 8.59. The number of esters is 1. The van der Waals surface area contributed by atoms with E-state index in [0.717, 1.165) is 5.56 Å². The zero-order valence-electron chi connectivity index (χ0n) is 9.51. The fraction of sp³-hybridized carbons (Fsp3) is 0.214. The van der Waals surface area contributed by atoms with Gasteiger partial charge in [0.25, 0.3) is 0 Å². The van der Waals surface area contributed by atoms with Crippen LogP contribution in [0.15, 0.2) is 54.6 Å². The van der Waals surface area contributed by atoms with E-state index in [2.05, 4.69) is 0 Å². The number of hydrogen-bond acceptors (Lipinski definition) is 2. The molecule has 0 aliphatic carbocycles. The summed E-state index contributed by atoms with van der Waals surface area (Å²) in [6, 6.07) is 9.61.